The summed E-state index contributed by atoms with van der Waals surface area (Å²) in [6, 6.07) is 3.30. The molecule has 0 aromatic carbocycles. The van der Waals surface area contributed by atoms with Crippen LogP contribution in [0, 0.1) is 5.92 Å². The standard InChI is InChI=1S/C15H24Br2N2S/c1-10(2)9-19(11-5-3-4-6-11)13(8-18)14-7-12(16)15(17)20-14/h7,10-11,13H,3-6,8-9,18H2,1-2H3. The average Bonchev–Trinajstić information content (AvgIpc) is 3.00. The van der Waals surface area contributed by atoms with Gasteiger partial charge in [0, 0.05) is 28.5 Å². The van der Waals surface area contributed by atoms with Crippen LogP contribution in [0.4, 0.5) is 0 Å². The molecule has 1 unspecified atom stereocenters. The Hall–Kier alpha value is 0.580. The SMILES string of the molecule is CC(C)CN(C1CCCC1)C(CN)c1cc(Br)c(Br)s1. The fourth-order valence-corrected chi connectivity index (χ4v) is 5.35. The second kappa shape index (κ2) is 7.73. The van der Waals surface area contributed by atoms with E-state index in [2.05, 4.69) is 56.7 Å². The van der Waals surface area contributed by atoms with E-state index in [1.165, 1.54) is 34.3 Å². The van der Waals surface area contributed by atoms with Crippen molar-refractivity contribution in [2.24, 2.45) is 11.7 Å². The molecule has 2 rings (SSSR count). The molecule has 1 aromatic rings. The zero-order chi connectivity index (χ0) is 14.7. The molecule has 1 aliphatic rings. The van der Waals surface area contributed by atoms with Crippen molar-refractivity contribution in [1.29, 1.82) is 0 Å². The fraction of sp³-hybridized carbons (Fsp3) is 0.733. The third-order valence-corrected chi connectivity index (χ3v) is 7.34. The highest BCUT2D eigenvalue weighted by Gasteiger charge is 2.30. The van der Waals surface area contributed by atoms with E-state index in [0.717, 1.165) is 11.0 Å². The smallest absolute Gasteiger partial charge is 0.0843 e. The minimum Gasteiger partial charge on any atom is -0.329 e. The molecule has 1 saturated carbocycles. The molecule has 1 atom stereocenters. The van der Waals surface area contributed by atoms with Gasteiger partial charge in [-0.2, -0.15) is 0 Å². The number of hydrogen-bond donors (Lipinski definition) is 1. The van der Waals surface area contributed by atoms with Crippen molar-refractivity contribution in [3.05, 3.63) is 19.2 Å². The third kappa shape index (κ3) is 4.07. The first kappa shape index (κ1) is 16.9. The Labute approximate surface area is 143 Å². The first-order valence-corrected chi connectivity index (χ1v) is 9.83. The van der Waals surface area contributed by atoms with E-state index in [1.807, 2.05) is 11.3 Å². The van der Waals surface area contributed by atoms with Gasteiger partial charge in [0.15, 0.2) is 0 Å². The molecule has 114 valence electrons. The van der Waals surface area contributed by atoms with Crippen molar-refractivity contribution < 1.29 is 0 Å². The van der Waals surface area contributed by atoms with Gasteiger partial charge in [0.1, 0.15) is 0 Å². The lowest BCUT2D eigenvalue weighted by Gasteiger charge is -2.36. The maximum Gasteiger partial charge on any atom is 0.0843 e. The number of nitrogens with zero attached hydrogens (tertiary/aromatic N) is 1. The summed E-state index contributed by atoms with van der Waals surface area (Å²) in [6.07, 6.45) is 5.40. The Kier molecular flexibility index (Phi) is 6.54. The van der Waals surface area contributed by atoms with Crippen LogP contribution < -0.4 is 5.73 Å². The Morgan fingerprint density at radius 2 is 2.00 bits per heavy atom. The number of thiophene rings is 1. The van der Waals surface area contributed by atoms with Gasteiger partial charge in [-0.15, -0.1) is 11.3 Å². The molecular formula is C15H24Br2N2S. The van der Waals surface area contributed by atoms with E-state index in [4.69, 9.17) is 5.73 Å². The zero-order valence-electron chi connectivity index (χ0n) is 12.2. The Morgan fingerprint density at radius 3 is 2.45 bits per heavy atom. The van der Waals surface area contributed by atoms with E-state index in [1.54, 1.807) is 0 Å². The first-order chi connectivity index (χ1) is 9.52. The predicted octanol–water partition coefficient (Wildman–Crippen LogP) is 5.17. The highest BCUT2D eigenvalue weighted by Crippen LogP contribution is 2.39. The Balaban J connectivity index is 2.23. The quantitative estimate of drug-likeness (QED) is 0.683. The van der Waals surface area contributed by atoms with Gasteiger partial charge >= 0.3 is 0 Å². The van der Waals surface area contributed by atoms with Gasteiger partial charge in [-0.1, -0.05) is 26.7 Å². The minimum atomic E-state index is 0.355. The van der Waals surface area contributed by atoms with E-state index >= 15 is 0 Å². The van der Waals surface area contributed by atoms with Crippen LogP contribution in [0.15, 0.2) is 14.3 Å². The third-order valence-electron chi connectivity index (χ3n) is 3.99. The number of hydrogen-bond acceptors (Lipinski definition) is 3. The molecule has 20 heavy (non-hydrogen) atoms. The zero-order valence-corrected chi connectivity index (χ0v) is 16.2. The molecule has 2 nitrogen and oxygen atoms in total. The summed E-state index contributed by atoms with van der Waals surface area (Å²) in [7, 11) is 0. The molecule has 5 heteroatoms. The lowest BCUT2D eigenvalue weighted by atomic mass is 10.1. The van der Waals surface area contributed by atoms with Crippen molar-refractivity contribution in [2.45, 2.75) is 51.6 Å². The molecule has 0 saturated heterocycles. The van der Waals surface area contributed by atoms with Gasteiger partial charge in [0.25, 0.3) is 0 Å². The van der Waals surface area contributed by atoms with Crippen LogP contribution in [-0.4, -0.2) is 24.0 Å². The van der Waals surface area contributed by atoms with Crippen molar-refractivity contribution in [1.82, 2.24) is 4.90 Å². The van der Waals surface area contributed by atoms with E-state index in [-0.39, 0.29) is 0 Å². The molecule has 0 aliphatic heterocycles. The van der Waals surface area contributed by atoms with Crippen LogP contribution in [0.1, 0.15) is 50.4 Å². The van der Waals surface area contributed by atoms with Gasteiger partial charge < -0.3 is 5.73 Å². The molecule has 1 fully saturated rings. The van der Waals surface area contributed by atoms with Gasteiger partial charge in [-0.3, -0.25) is 4.90 Å². The van der Waals surface area contributed by atoms with Crippen LogP contribution in [0.25, 0.3) is 0 Å². The molecule has 2 N–H and O–H groups in total. The minimum absolute atomic E-state index is 0.355. The molecule has 0 amide bonds. The summed E-state index contributed by atoms with van der Waals surface area (Å²) in [6.45, 7) is 6.44. The van der Waals surface area contributed by atoms with E-state index in [9.17, 15) is 0 Å². The van der Waals surface area contributed by atoms with Crippen LogP contribution in [0.2, 0.25) is 0 Å². The number of halogens is 2. The van der Waals surface area contributed by atoms with Crippen molar-refractivity contribution in [3.63, 3.8) is 0 Å². The van der Waals surface area contributed by atoms with Crippen LogP contribution in [0.5, 0.6) is 0 Å². The maximum atomic E-state index is 6.14. The predicted molar refractivity (Wildman–Crippen MR) is 95.3 cm³/mol. The van der Waals surface area contributed by atoms with E-state index in [0.29, 0.717) is 24.5 Å². The van der Waals surface area contributed by atoms with Crippen LogP contribution in [-0.2, 0) is 0 Å². The highest BCUT2D eigenvalue weighted by atomic mass is 79.9. The molecular weight excluding hydrogens is 400 g/mol. The first-order valence-electron chi connectivity index (χ1n) is 7.43. The second-order valence-corrected chi connectivity index (χ2v) is 9.31. The van der Waals surface area contributed by atoms with Crippen molar-refractivity contribution in [3.8, 4) is 0 Å². The molecule has 1 heterocycles. The van der Waals surface area contributed by atoms with Crippen LogP contribution in [0.3, 0.4) is 0 Å². The second-order valence-electron chi connectivity index (χ2n) is 6.05. The normalized spacial score (nSPS) is 18.4. The topological polar surface area (TPSA) is 29.3 Å². The van der Waals surface area contributed by atoms with Gasteiger partial charge in [-0.25, -0.2) is 0 Å². The van der Waals surface area contributed by atoms with E-state index < -0.39 is 0 Å². The maximum absolute atomic E-state index is 6.14. The monoisotopic (exact) mass is 422 g/mol. The summed E-state index contributed by atoms with van der Waals surface area (Å²) in [5.41, 5.74) is 6.14. The Morgan fingerprint density at radius 1 is 1.35 bits per heavy atom. The summed E-state index contributed by atoms with van der Waals surface area (Å²) < 4.78 is 2.31. The fourth-order valence-electron chi connectivity index (χ4n) is 3.13. The lowest BCUT2D eigenvalue weighted by molar-refractivity contribution is 0.123. The number of nitrogens with two attached hydrogens (primary N) is 1. The largest absolute Gasteiger partial charge is 0.329 e. The molecule has 0 radical (unpaired) electrons. The van der Waals surface area contributed by atoms with Gasteiger partial charge in [0.2, 0.25) is 0 Å². The lowest BCUT2D eigenvalue weighted by Crippen LogP contribution is -2.42. The summed E-state index contributed by atoms with van der Waals surface area (Å²) >= 11 is 9.02. The number of rotatable bonds is 6. The van der Waals surface area contributed by atoms with Gasteiger partial charge in [0.05, 0.1) is 9.83 Å². The van der Waals surface area contributed by atoms with Crippen molar-refractivity contribution in [2.75, 3.05) is 13.1 Å². The van der Waals surface area contributed by atoms with Crippen LogP contribution >= 0.6 is 43.2 Å². The average molecular weight is 424 g/mol. The van der Waals surface area contributed by atoms with Crippen molar-refractivity contribution >= 4 is 43.2 Å². The molecule has 1 aromatic heterocycles. The summed E-state index contributed by atoms with van der Waals surface area (Å²) in [5.74, 6) is 0.677. The summed E-state index contributed by atoms with van der Waals surface area (Å²) in [4.78, 5) is 4.04. The molecule has 0 spiro atoms. The molecule has 0 bridgehead atoms. The molecule has 1 aliphatic carbocycles. The Bertz CT molecular complexity index is 408. The summed E-state index contributed by atoms with van der Waals surface area (Å²) in [5, 5.41) is 0. The highest BCUT2D eigenvalue weighted by molar-refractivity contribution is 9.13. The van der Waals surface area contributed by atoms with Gasteiger partial charge in [-0.05, 0) is 56.7 Å².